The average Bonchev–Trinajstić information content (AvgIpc) is 3.64. The van der Waals surface area contributed by atoms with Crippen molar-refractivity contribution in [3.63, 3.8) is 0 Å². The van der Waals surface area contributed by atoms with Gasteiger partial charge in [-0.05, 0) is 75.9 Å². The maximum absolute atomic E-state index is 11.5. The van der Waals surface area contributed by atoms with Gasteiger partial charge in [0.2, 0.25) is 0 Å². The molecular weight excluding hydrogens is 468 g/mol. The number of aromatic nitrogens is 2. The van der Waals surface area contributed by atoms with Gasteiger partial charge < -0.3 is 0 Å². The SMILES string of the molecule is CCCC1(CCC)c2cc(-c3cccs3)ccc2-c2ccc(-c3ccc(C=O)c4nsnc34)cc21. The maximum Gasteiger partial charge on any atom is 0.152 e. The van der Waals surface area contributed by atoms with Crippen LogP contribution in [0.25, 0.3) is 43.7 Å². The van der Waals surface area contributed by atoms with Gasteiger partial charge in [-0.25, -0.2) is 0 Å². The van der Waals surface area contributed by atoms with Crippen LogP contribution in [0.2, 0.25) is 0 Å². The minimum Gasteiger partial charge on any atom is -0.298 e. The largest absolute Gasteiger partial charge is 0.298 e. The number of aldehydes is 1. The highest BCUT2D eigenvalue weighted by Gasteiger charge is 2.42. The molecule has 174 valence electrons. The number of fused-ring (bicyclic) bond motifs is 4. The first-order chi connectivity index (χ1) is 17.2. The highest BCUT2D eigenvalue weighted by atomic mass is 32.1. The number of benzene rings is 3. The fraction of sp³-hybridized carbons (Fsp3) is 0.233. The molecule has 0 saturated carbocycles. The van der Waals surface area contributed by atoms with Crippen molar-refractivity contribution in [3.05, 3.63) is 82.7 Å². The van der Waals surface area contributed by atoms with E-state index in [1.165, 1.54) is 32.7 Å². The topological polar surface area (TPSA) is 42.9 Å². The molecule has 35 heavy (non-hydrogen) atoms. The van der Waals surface area contributed by atoms with Crippen molar-refractivity contribution in [1.29, 1.82) is 0 Å². The second-order valence-corrected chi connectivity index (χ2v) is 10.8. The number of carbonyl (C=O) groups is 1. The molecule has 0 fully saturated rings. The number of carbonyl (C=O) groups excluding carboxylic acids is 1. The summed E-state index contributed by atoms with van der Waals surface area (Å²) in [5.74, 6) is 0. The van der Waals surface area contributed by atoms with Crippen molar-refractivity contribution in [2.75, 3.05) is 0 Å². The summed E-state index contributed by atoms with van der Waals surface area (Å²) >= 11 is 2.97. The molecule has 5 heteroatoms. The molecule has 1 aliphatic rings. The first-order valence-electron chi connectivity index (χ1n) is 12.2. The second-order valence-electron chi connectivity index (χ2n) is 9.36. The lowest BCUT2D eigenvalue weighted by Crippen LogP contribution is -2.25. The summed E-state index contributed by atoms with van der Waals surface area (Å²) in [5.41, 5.74) is 11.2. The minimum absolute atomic E-state index is 0.000373. The summed E-state index contributed by atoms with van der Waals surface area (Å²) in [6.45, 7) is 4.59. The number of hydrogen-bond donors (Lipinski definition) is 0. The zero-order valence-corrected chi connectivity index (χ0v) is 21.5. The Bertz CT molecular complexity index is 1540. The zero-order valence-electron chi connectivity index (χ0n) is 19.9. The molecule has 0 spiro atoms. The van der Waals surface area contributed by atoms with Crippen LogP contribution in [-0.4, -0.2) is 15.0 Å². The van der Waals surface area contributed by atoms with Gasteiger partial charge >= 0.3 is 0 Å². The summed E-state index contributed by atoms with van der Waals surface area (Å²) in [5, 5.41) is 2.15. The van der Waals surface area contributed by atoms with Gasteiger partial charge in [0.1, 0.15) is 11.0 Å². The molecule has 0 unspecified atom stereocenters. The van der Waals surface area contributed by atoms with Crippen molar-refractivity contribution >= 4 is 40.4 Å². The van der Waals surface area contributed by atoms with E-state index in [4.69, 9.17) is 0 Å². The minimum atomic E-state index is -0.000373. The van der Waals surface area contributed by atoms with E-state index in [1.807, 2.05) is 12.1 Å². The quantitative estimate of drug-likeness (QED) is 0.212. The Hall–Kier alpha value is -3.15. The standard InChI is InChI=1S/C30H26N2OS2/c1-3-13-30(14-4-2)25-16-19(22-10-9-21(18-33)28-29(22)32-35-31-28)7-11-23(25)24-12-8-20(17-26(24)30)27-6-5-15-34-27/h5-12,15-18H,3-4,13-14H2,1-2H3. The molecule has 3 nitrogen and oxygen atoms in total. The van der Waals surface area contributed by atoms with Crippen LogP contribution in [0.4, 0.5) is 0 Å². The van der Waals surface area contributed by atoms with Crippen LogP contribution in [0, 0.1) is 0 Å². The van der Waals surface area contributed by atoms with Crippen LogP contribution in [-0.2, 0) is 5.41 Å². The molecule has 1 aliphatic carbocycles. The molecule has 0 amide bonds. The Balaban J connectivity index is 1.57. The van der Waals surface area contributed by atoms with Crippen LogP contribution < -0.4 is 0 Å². The van der Waals surface area contributed by atoms with E-state index in [-0.39, 0.29) is 5.41 Å². The molecule has 6 rings (SSSR count). The van der Waals surface area contributed by atoms with E-state index in [9.17, 15) is 4.79 Å². The Labute approximate surface area is 213 Å². The highest BCUT2D eigenvalue weighted by molar-refractivity contribution is 7.13. The van der Waals surface area contributed by atoms with Crippen LogP contribution >= 0.6 is 23.1 Å². The monoisotopic (exact) mass is 494 g/mol. The normalized spacial score (nSPS) is 13.7. The van der Waals surface area contributed by atoms with Gasteiger partial charge in [-0.2, -0.15) is 8.75 Å². The molecule has 2 aromatic heterocycles. The van der Waals surface area contributed by atoms with E-state index in [0.717, 1.165) is 60.3 Å². The van der Waals surface area contributed by atoms with Crippen molar-refractivity contribution in [1.82, 2.24) is 8.75 Å². The summed E-state index contributed by atoms with van der Waals surface area (Å²) in [6.07, 6.45) is 5.36. The van der Waals surface area contributed by atoms with E-state index in [1.54, 1.807) is 11.3 Å². The lowest BCUT2D eigenvalue weighted by atomic mass is 9.71. The number of hydrogen-bond acceptors (Lipinski definition) is 5. The predicted molar refractivity (Wildman–Crippen MR) is 148 cm³/mol. The Morgan fingerprint density at radius 1 is 0.800 bits per heavy atom. The summed E-state index contributed by atoms with van der Waals surface area (Å²) in [7, 11) is 0. The fourth-order valence-electron chi connectivity index (χ4n) is 5.99. The summed E-state index contributed by atoms with van der Waals surface area (Å²) < 4.78 is 8.96. The first kappa shape index (κ1) is 22.3. The average molecular weight is 495 g/mol. The van der Waals surface area contributed by atoms with Crippen molar-refractivity contribution in [2.45, 2.75) is 44.9 Å². The van der Waals surface area contributed by atoms with Crippen molar-refractivity contribution in [2.24, 2.45) is 0 Å². The van der Waals surface area contributed by atoms with Gasteiger partial charge in [0.15, 0.2) is 6.29 Å². The van der Waals surface area contributed by atoms with E-state index >= 15 is 0 Å². The third-order valence-corrected chi connectivity index (χ3v) is 8.85. The van der Waals surface area contributed by atoms with Gasteiger partial charge in [0, 0.05) is 21.4 Å². The molecule has 2 heterocycles. The van der Waals surface area contributed by atoms with Crippen molar-refractivity contribution < 1.29 is 4.79 Å². The lowest BCUT2D eigenvalue weighted by molar-refractivity contribution is 0.112. The molecule has 3 aromatic carbocycles. The zero-order chi connectivity index (χ0) is 24.0. The van der Waals surface area contributed by atoms with Gasteiger partial charge in [-0.15, -0.1) is 11.3 Å². The summed E-state index contributed by atoms with van der Waals surface area (Å²) in [4.78, 5) is 12.8. The molecule has 5 aromatic rings. The van der Waals surface area contributed by atoms with Crippen LogP contribution in [0.3, 0.4) is 0 Å². The first-order valence-corrected chi connectivity index (χ1v) is 13.8. The number of rotatable bonds is 7. The van der Waals surface area contributed by atoms with Crippen molar-refractivity contribution in [3.8, 4) is 32.7 Å². The molecular formula is C30H26N2OS2. The van der Waals surface area contributed by atoms with Gasteiger partial charge in [-0.3, -0.25) is 4.79 Å². The molecule has 0 N–H and O–H groups in total. The Kier molecular flexibility index (Phi) is 5.62. The third kappa shape index (κ3) is 3.40. The smallest absolute Gasteiger partial charge is 0.152 e. The molecule has 0 bridgehead atoms. The maximum atomic E-state index is 11.5. The van der Waals surface area contributed by atoms with Crippen LogP contribution in [0.5, 0.6) is 0 Å². The predicted octanol–water partition coefficient (Wildman–Crippen LogP) is 8.77. The third-order valence-electron chi connectivity index (χ3n) is 7.40. The second kappa shape index (κ2) is 8.81. The van der Waals surface area contributed by atoms with Gasteiger partial charge in [0.05, 0.1) is 11.7 Å². The summed E-state index contributed by atoms with van der Waals surface area (Å²) in [6, 6.07) is 22.2. The Morgan fingerprint density at radius 2 is 1.46 bits per heavy atom. The van der Waals surface area contributed by atoms with Crippen LogP contribution in [0.1, 0.15) is 61.0 Å². The fourth-order valence-corrected chi connectivity index (χ4v) is 7.29. The highest BCUT2D eigenvalue weighted by Crippen LogP contribution is 2.55. The van der Waals surface area contributed by atoms with E-state index in [2.05, 4.69) is 76.5 Å². The van der Waals surface area contributed by atoms with E-state index in [0.29, 0.717) is 11.1 Å². The van der Waals surface area contributed by atoms with Gasteiger partial charge in [-0.1, -0.05) is 63.1 Å². The lowest BCUT2D eigenvalue weighted by Gasteiger charge is -2.32. The molecule has 0 saturated heterocycles. The van der Waals surface area contributed by atoms with E-state index < -0.39 is 0 Å². The number of thiophene rings is 1. The van der Waals surface area contributed by atoms with Gasteiger partial charge in [0.25, 0.3) is 0 Å². The Morgan fingerprint density at radius 3 is 2.11 bits per heavy atom. The molecule has 0 aliphatic heterocycles. The molecule has 0 radical (unpaired) electrons. The van der Waals surface area contributed by atoms with Crippen LogP contribution in [0.15, 0.2) is 66.0 Å². The number of nitrogens with zero attached hydrogens (tertiary/aromatic N) is 2. The molecule has 0 atom stereocenters.